The fourth-order valence-electron chi connectivity index (χ4n) is 1.59. The normalized spacial score (nSPS) is 10.3. The number of hydrogen-bond acceptors (Lipinski definition) is 5. The minimum absolute atomic E-state index is 0.0456. The lowest BCUT2D eigenvalue weighted by Gasteiger charge is -2.12. The lowest BCUT2D eigenvalue weighted by Crippen LogP contribution is -2.02. The number of aryl methyl sites for hydroxylation is 1. The Labute approximate surface area is 124 Å². The first-order valence-electron chi connectivity index (χ1n) is 5.66. The van der Waals surface area contributed by atoms with Crippen LogP contribution in [0.4, 0.5) is 0 Å². The Morgan fingerprint density at radius 2 is 2.25 bits per heavy atom. The number of aromatic nitrogens is 1. The van der Waals surface area contributed by atoms with Crippen LogP contribution in [-0.2, 0) is 6.61 Å². The van der Waals surface area contributed by atoms with E-state index in [1.54, 1.807) is 0 Å². The molecule has 5 nitrogen and oxygen atoms in total. The molecule has 0 aliphatic carbocycles. The first kappa shape index (κ1) is 14.6. The Morgan fingerprint density at radius 1 is 1.50 bits per heavy atom. The van der Waals surface area contributed by atoms with Crippen molar-refractivity contribution in [3.8, 4) is 11.5 Å². The minimum atomic E-state index is -1.08. The lowest BCUT2D eigenvalue weighted by molar-refractivity contribution is 0.0696. The maximum absolute atomic E-state index is 11.0. The second kappa shape index (κ2) is 6.11. The van der Waals surface area contributed by atoms with Gasteiger partial charge in [0.05, 0.1) is 17.7 Å². The van der Waals surface area contributed by atoms with Gasteiger partial charge in [0.25, 0.3) is 0 Å². The highest BCUT2D eigenvalue weighted by atomic mass is 35.5. The predicted octanol–water partition coefficient (Wildman–Crippen LogP) is 3.39. The number of halogens is 1. The monoisotopic (exact) mass is 313 g/mol. The standard InChI is InChI=1S/C13H12ClNO4S/c1-7-6-20-11(15-7)5-19-12-9(14)3-8(13(16)17)4-10(12)18-2/h3-4,6H,5H2,1-2H3,(H,16,17). The van der Waals surface area contributed by atoms with Gasteiger partial charge in [-0.25, -0.2) is 9.78 Å². The number of methoxy groups -OCH3 is 1. The first-order valence-corrected chi connectivity index (χ1v) is 6.91. The highest BCUT2D eigenvalue weighted by molar-refractivity contribution is 7.09. The van der Waals surface area contributed by atoms with Crippen LogP contribution in [0.1, 0.15) is 21.1 Å². The fraction of sp³-hybridized carbons (Fsp3) is 0.231. The van der Waals surface area contributed by atoms with E-state index in [4.69, 9.17) is 26.2 Å². The number of aromatic carboxylic acids is 1. The van der Waals surface area contributed by atoms with E-state index in [-0.39, 0.29) is 22.9 Å². The van der Waals surface area contributed by atoms with Crippen molar-refractivity contribution in [2.75, 3.05) is 7.11 Å². The molecule has 1 aromatic carbocycles. The highest BCUT2D eigenvalue weighted by Crippen LogP contribution is 2.37. The van der Waals surface area contributed by atoms with Crippen molar-refractivity contribution in [1.82, 2.24) is 4.98 Å². The van der Waals surface area contributed by atoms with Crippen molar-refractivity contribution < 1.29 is 19.4 Å². The van der Waals surface area contributed by atoms with Crippen molar-refractivity contribution in [2.24, 2.45) is 0 Å². The van der Waals surface area contributed by atoms with Crippen molar-refractivity contribution in [3.05, 3.63) is 38.8 Å². The van der Waals surface area contributed by atoms with E-state index in [0.717, 1.165) is 10.7 Å². The van der Waals surface area contributed by atoms with Gasteiger partial charge in [0.1, 0.15) is 11.6 Å². The van der Waals surface area contributed by atoms with E-state index >= 15 is 0 Å². The SMILES string of the molecule is COc1cc(C(=O)O)cc(Cl)c1OCc1nc(C)cs1. The molecule has 7 heteroatoms. The van der Waals surface area contributed by atoms with E-state index in [1.165, 1.54) is 30.6 Å². The van der Waals surface area contributed by atoms with Gasteiger partial charge in [-0.1, -0.05) is 11.6 Å². The van der Waals surface area contributed by atoms with Crippen molar-refractivity contribution >= 4 is 28.9 Å². The van der Waals surface area contributed by atoms with Gasteiger partial charge in [-0.3, -0.25) is 0 Å². The Hall–Kier alpha value is -1.79. The molecular weight excluding hydrogens is 302 g/mol. The van der Waals surface area contributed by atoms with Gasteiger partial charge in [-0.05, 0) is 19.1 Å². The van der Waals surface area contributed by atoms with Crippen molar-refractivity contribution in [3.63, 3.8) is 0 Å². The van der Waals surface area contributed by atoms with Crippen molar-refractivity contribution in [1.29, 1.82) is 0 Å². The summed E-state index contributed by atoms with van der Waals surface area (Å²) in [6, 6.07) is 2.70. The molecule has 0 amide bonds. The van der Waals surface area contributed by atoms with E-state index < -0.39 is 5.97 Å². The van der Waals surface area contributed by atoms with Gasteiger partial charge in [0.15, 0.2) is 11.5 Å². The molecule has 1 aromatic heterocycles. The molecule has 0 aliphatic rings. The number of carboxylic acids is 1. The molecule has 1 heterocycles. The van der Waals surface area contributed by atoms with E-state index in [9.17, 15) is 4.79 Å². The minimum Gasteiger partial charge on any atom is -0.493 e. The topological polar surface area (TPSA) is 68.7 Å². The largest absolute Gasteiger partial charge is 0.493 e. The summed E-state index contributed by atoms with van der Waals surface area (Å²) in [7, 11) is 1.43. The highest BCUT2D eigenvalue weighted by Gasteiger charge is 2.15. The van der Waals surface area contributed by atoms with Gasteiger partial charge in [0, 0.05) is 11.1 Å². The first-order chi connectivity index (χ1) is 9.51. The third-order valence-corrected chi connectivity index (χ3v) is 3.70. The quantitative estimate of drug-likeness (QED) is 0.916. The fourth-order valence-corrected chi connectivity index (χ4v) is 2.53. The maximum atomic E-state index is 11.0. The van der Waals surface area contributed by atoms with Gasteiger partial charge in [-0.15, -0.1) is 11.3 Å². The molecule has 0 saturated heterocycles. The van der Waals surface area contributed by atoms with Crippen LogP contribution in [0.25, 0.3) is 0 Å². The number of benzene rings is 1. The molecule has 0 spiro atoms. The zero-order chi connectivity index (χ0) is 14.7. The van der Waals surface area contributed by atoms with Crippen LogP contribution in [0, 0.1) is 6.92 Å². The second-order valence-electron chi connectivity index (χ2n) is 3.97. The number of carbonyl (C=O) groups is 1. The van der Waals surface area contributed by atoms with E-state index in [0.29, 0.717) is 5.75 Å². The maximum Gasteiger partial charge on any atom is 0.335 e. The summed E-state index contributed by atoms with van der Waals surface area (Å²) in [5, 5.41) is 11.9. The summed E-state index contributed by atoms with van der Waals surface area (Å²) in [4.78, 5) is 15.2. The van der Waals surface area contributed by atoms with Crippen LogP contribution in [-0.4, -0.2) is 23.2 Å². The van der Waals surface area contributed by atoms with Gasteiger partial charge < -0.3 is 14.6 Å². The molecule has 0 radical (unpaired) electrons. The number of ether oxygens (including phenoxy) is 2. The summed E-state index contributed by atoms with van der Waals surface area (Å²) in [5.41, 5.74) is 0.970. The van der Waals surface area contributed by atoms with Crippen LogP contribution in [0.3, 0.4) is 0 Å². The molecule has 0 bridgehead atoms. The molecule has 0 aliphatic heterocycles. The lowest BCUT2D eigenvalue weighted by atomic mass is 10.2. The Morgan fingerprint density at radius 3 is 2.80 bits per heavy atom. The molecule has 0 saturated carbocycles. The summed E-state index contributed by atoms with van der Waals surface area (Å²) in [6.07, 6.45) is 0. The number of rotatable bonds is 5. The van der Waals surface area contributed by atoms with Crippen LogP contribution in [0.5, 0.6) is 11.5 Å². The van der Waals surface area contributed by atoms with E-state index in [2.05, 4.69) is 4.98 Å². The number of thiazole rings is 1. The van der Waals surface area contributed by atoms with E-state index in [1.807, 2.05) is 12.3 Å². The molecule has 1 N–H and O–H groups in total. The Bertz CT molecular complexity index is 641. The van der Waals surface area contributed by atoms with Crippen molar-refractivity contribution in [2.45, 2.75) is 13.5 Å². The van der Waals surface area contributed by atoms with Crippen LogP contribution in [0.2, 0.25) is 5.02 Å². The van der Waals surface area contributed by atoms with Gasteiger partial charge in [0.2, 0.25) is 0 Å². The third kappa shape index (κ3) is 3.20. The van der Waals surface area contributed by atoms with Crippen LogP contribution < -0.4 is 9.47 Å². The van der Waals surface area contributed by atoms with Crippen LogP contribution in [0.15, 0.2) is 17.5 Å². The van der Waals surface area contributed by atoms with Gasteiger partial charge in [-0.2, -0.15) is 0 Å². The molecule has 20 heavy (non-hydrogen) atoms. The van der Waals surface area contributed by atoms with Crippen LogP contribution >= 0.6 is 22.9 Å². The summed E-state index contributed by atoms with van der Waals surface area (Å²) in [5.74, 6) is -0.484. The average Bonchev–Trinajstić information content (AvgIpc) is 2.82. The number of hydrogen-bond donors (Lipinski definition) is 1. The zero-order valence-electron chi connectivity index (χ0n) is 10.8. The third-order valence-electron chi connectivity index (χ3n) is 2.48. The Kier molecular flexibility index (Phi) is 4.46. The summed E-state index contributed by atoms with van der Waals surface area (Å²) in [6.45, 7) is 2.15. The number of nitrogens with zero attached hydrogens (tertiary/aromatic N) is 1. The molecule has 2 rings (SSSR count). The predicted molar refractivity (Wildman–Crippen MR) is 76.1 cm³/mol. The average molecular weight is 314 g/mol. The second-order valence-corrected chi connectivity index (χ2v) is 5.32. The van der Waals surface area contributed by atoms with Gasteiger partial charge >= 0.3 is 5.97 Å². The molecule has 0 unspecified atom stereocenters. The molecule has 2 aromatic rings. The molecule has 106 valence electrons. The zero-order valence-corrected chi connectivity index (χ0v) is 12.4. The summed E-state index contributed by atoms with van der Waals surface area (Å²) < 4.78 is 10.7. The summed E-state index contributed by atoms with van der Waals surface area (Å²) >= 11 is 7.53. The molecular formula is C13H12ClNO4S. The Balaban J connectivity index is 2.24. The molecule has 0 fully saturated rings. The number of carboxylic acid groups (broad SMARTS) is 1. The smallest absolute Gasteiger partial charge is 0.335 e. The molecule has 0 atom stereocenters.